The van der Waals surface area contributed by atoms with Gasteiger partial charge >= 0.3 is 0 Å². The van der Waals surface area contributed by atoms with Crippen molar-refractivity contribution in [2.24, 2.45) is 5.92 Å². The smallest absolute Gasteiger partial charge is 0.233 e. The molecule has 0 bridgehead atoms. The monoisotopic (exact) mass is 302 g/mol. The Kier molecular flexibility index (Phi) is 5.71. The first-order chi connectivity index (χ1) is 7.99. The molecule has 96 valence electrons. The number of halogens is 1. The molecule has 1 rings (SSSR count). The van der Waals surface area contributed by atoms with Crippen molar-refractivity contribution in [2.75, 3.05) is 13.1 Å². The average Bonchev–Trinajstić information content (AvgIpc) is 2.70. The Morgan fingerprint density at radius 3 is 2.65 bits per heavy atom. The summed E-state index contributed by atoms with van der Waals surface area (Å²) < 4.78 is 6.10. The molecule has 0 aliphatic heterocycles. The number of rotatable bonds is 6. The topological polar surface area (TPSA) is 54.3 Å². The fourth-order valence-corrected chi connectivity index (χ4v) is 1.61. The molecule has 1 heterocycles. The Balaban J connectivity index is 2.28. The summed E-state index contributed by atoms with van der Waals surface area (Å²) in [6.07, 6.45) is 0. The number of carbonyl (C=O) groups excluding carboxylic acids is 1. The molecule has 0 saturated carbocycles. The lowest BCUT2D eigenvalue weighted by Crippen LogP contribution is -2.36. The Bertz CT molecular complexity index is 363. The Morgan fingerprint density at radius 1 is 1.41 bits per heavy atom. The highest BCUT2D eigenvalue weighted by atomic mass is 79.9. The molecule has 0 aliphatic carbocycles. The minimum atomic E-state index is 0.0103. The summed E-state index contributed by atoms with van der Waals surface area (Å²) >= 11 is 3.25. The third kappa shape index (κ3) is 5.37. The number of hydrogen-bond donors (Lipinski definition) is 2. The van der Waals surface area contributed by atoms with Gasteiger partial charge in [-0.05, 0) is 40.9 Å². The minimum absolute atomic E-state index is 0.0103. The lowest BCUT2D eigenvalue weighted by molar-refractivity contribution is -0.120. The first-order valence-electron chi connectivity index (χ1n) is 5.74. The molecule has 1 unspecified atom stereocenters. The normalized spacial score (nSPS) is 12.8. The summed E-state index contributed by atoms with van der Waals surface area (Å²) in [7, 11) is 0. The second-order valence-corrected chi connectivity index (χ2v) is 5.22. The van der Waals surface area contributed by atoms with Crippen LogP contribution in [0.1, 0.15) is 32.6 Å². The largest absolute Gasteiger partial charge is 0.453 e. The van der Waals surface area contributed by atoms with Crippen LogP contribution in [-0.2, 0) is 4.79 Å². The van der Waals surface area contributed by atoms with E-state index in [9.17, 15) is 4.79 Å². The molecule has 1 atom stereocenters. The van der Waals surface area contributed by atoms with Crippen LogP contribution in [0.5, 0.6) is 0 Å². The van der Waals surface area contributed by atoms with E-state index in [4.69, 9.17) is 4.42 Å². The van der Waals surface area contributed by atoms with Crippen molar-refractivity contribution >= 4 is 21.8 Å². The van der Waals surface area contributed by atoms with Crippen molar-refractivity contribution in [2.45, 2.75) is 26.8 Å². The SMILES string of the molecule is CC(C)CNC(=O)CNC(C)c1ccc(Br)o1. The van der Waals surface area contributed by atoms with Crippen LogP contribution in [0, 0.1) is 5.92 Å². The van der Waals surface area contributed by atoms with Gasteiger partial charge in [0.05, 0.1) is 12.6 Å². The van der Waals surface area contributed by atoms with Gasteiger partial charge in [0, 0.05) is 6.54 Å². The van der Waals surface area contributed by atoms with Gasteiger partial charge in [-0.1, -0.05) is 13.8 Å². The van der Waals surface area contributed by atoms with Gasteiger partial charge in [0.2, 0.25) is 5.91 Å². The van der Waals surface area contributed by atoms with Crippen molar-refractivity contribution in [1.82, 2.24) is 10.6 Å². The van der Waals surface area contributed by atoms with E-state index < -0.39 is 0 Å². The van der Waals surface area contributed by atoms with E-state index in [-0.39, 0.29) is 11.9 Å². The zero-order chi connectivity index (χ0) is 12.8. The molecule has 0 aromatic carbocycles. The zero-order valence-electron chi connectivity index (χ0n) is 10.4. The average molecular weight is 303 g/mol. The van der Waals surface area contributed by atoms with Crippen LogP contribution in [0.3, 0.4) is 0 Å². The summed E-state index contributed by atoms with van der Waals surface area (Å²) in [5.74, 6) is 1.29. The minimum Gasteiger partial charge on any atom is -0.453 e. The van der Waals surface area contributed by atoms with Crippen molar-refractivity contribution in [3.05, 3.63) is 22.6 Å². The van der Waals surface area contributed by atoms with Crippen LogP contribution in [-0.4, -0.2) is 19.0 Å². The van der Waals surface area contributed by atoms with Crippen LogP contribution < -0.4 is 10.6 Å². The van der Waals surface area contributed by atoms with Crippen molar-refractivity contribution < 1.29 is 9.21 Å². The van der Waals surface area contributed by atoms with E-state index in [0.717, 1.165) is 5.76 Å². The molecule has 0 spiro atoms. The van der Waals surface area contributed by atoms with Crippen molar-refractivity contribution in [3.8, 4) is 0 Å². The third-order valence-corrected chi connectivity index (χ3v) is 2.72. The van der Waals surface area contributed by atoms with Crippen LogP contribution in [0.4, 0.5) is 0 Å². The fraction of sp³-hybridized carbons (Fsp3) is 0.583. The Labute approximate surface area is 110 Å². The number of hydrogen-bond acceptors (Lipinski definition) is 3. The van der Waals surface area contributed by atoms with Gasteiger partial charge in [-0.25, -0.2) is 0 Å². The number of carbonyl (C=O) groups is 1. The summed E-state index contributed by atoms with van der Waals surface area (Å²) in [6.45, 7) is 7.10. The molecule has 0 fully saturated rings. The third-order valence-electron chi connectivity index (χ3n) is 2.30. The molecule has 0 aliphatic rings. The highest BCUT2D eigenvalue weighted by molar-refractivity contribution is 9.10. The molecule has 4 nitrogen and oxygen atoms in total. The molecular weight excluding hydrogens is 284 g/mol. The molecule has 1 aromatic rings. The van der Waals surface area contributed by atoms with Gasteiger partial charge in [0.15, 0.2) is 4.67 Å². The van der Waals surface area contributed by atoms with Gasteiger partial charge < -0.3 is 9.73 Å². The Morgan fingerprint density at radius 2 is 2.12 bits per heavy atom. The zero-order valence-corrected chi connectivity index (χ0v) is 12.0. The van der Waals surface area contributed by atoms with E-state index in [1.807, 2.05) is 19.1 Å². The highest BCUT2D eigenvalue weighted by Crippen LogP contribution is 2.19. The first kappa shape index (κ1) is 14.3. The second kappa shape index (κ2) is 6.81. The van der Waals surface area contributed by atoms with Crippen molar-refractivity contribution in [1.29, 1.82) is 0 Å². The Hall–Kier alpha value is -0.810. The standard InChI is InChI=1S/C12H19BrN2O2/c1-8(2)6-15-12(16)7-14-9(3)10-4-5-11(13)17-10/h4-5,8-9,14H,6-7H2,1-3H3,(H,15,16). The second-order valence-electron chi connectivity index (χ2n) is 4.44. The van der Waals surface area contributed by atoms with E-state index in [0.29, 0.717) is 23.7 Å². The maximum Gasteiger partial charge on any atom is 0.233 e. The lowest BCUT2D eigenvalue weighted by Gasteiger charge is -2.12. The van der Waals surface area contributed by atoms with Gasteiger partial charge in [-0.2, -0.15) is 0 Å². The lowest BCUT2D eigenvalue weighted by atomic mass is 10.2. The van der Waals surface area contributed by atoms with Gasteiger partial charge in [-0.15, -0.1) is 0 Å². The maximum atomic E-state index is 11.5. The van der Waals surface area contributed by atoms with E-state index >= 15 is 0 Å². The van der Waals surface area contributed by atoms with E-state index in [1.165, 1.54) is 0 Å². The van der Waals surface area contributed by atoms with Crippen LogP contribution in [0.2, 0.25) is 0 Å². The van der Waals surface area contributed by atoms with E-state index in [1.54, 1.807) is 0 Å². The highest BCUT2D eigenvalue weighted by Gasteiger charge is 2.11. The first-order valence-corrected chi connectivity index (χ1v) is 6.53. The quantitative estimate of drug-likeness (QED) is 0.849. The summed E-state index contributed by atoms with van der Waals surface area (Å²) in [4.78, 5) is 11.5. The molecular formula is C12H19BrN2O2. The number of furan rings is 1. The van der Waals surface area contributed by atoms with Crippen LogP contribution in [0.25, 0.3) is 0 Å². The van der Waals surface area contributed by atoms with E-state index in [2.05, 4.69) is 40.4 Å². The van der Waals surface area contributed by atoms with Crippen molar-refractivity contribution in [3.63, 3.8) is 0 Å². The predicted octanol–water partition coefficient (Wildman–Crippen LogP) is 2.46. The fourth-order valence-electron chi connectivity index (χ4n) is 1.29. The van der Waals surface area contributed by atoms with Crippen LogP contribution in [0.15, 0.2) is 21.2 Å². The summed E-state index contributed by atoms with van der Waals surface area (Å²) in [6, 6.07) is 3.74. The van der Waals surface area contributed by atoms with Gasteiger partial charge in [0.1, 0.15) is 5.76 Å². The molecule has 0 radical (unpaired) electrons. The number of amides is 1. The molecule has 2 N–H and O–H groups in total. The molecule has 5 heteroatoms. The molecule has 0 saturated heterocycles. The molecule has 17 heavy (non-hydrogen) atoms. The van der Waals surface area contributed by atoms with Gasteiger partial charge in [0.25, 0.3) is 0 Å². The maximum absolute atomic E-state index is 11.5. The number of nitrogens with one attached hydrogen (secondary N) is 2. The summed E-state index contributed by atoms with van der Waals surface area (Å²) in [5.41, 5.74) is 0. The summed E-state index contributed by atoms with van der Waals surface area (Å²) in [5, 5.41) is 5.96. The molecule has 1 amide bonds. The van der Waals surface area contributed by atoms with Crippen LogP contribution >= 0.6 is 15.9 Å². The van der Waals surface area contributed by atoms with Gasteiger partial charge in [-0.3, -0.25) is 10.1 Å². The predicted molar refractivity (Wildman–Crippen MR) is 70.7 cm³/mol. The molecule has 1 aromatic heterocycles.